The smallest absolute Gasteiger partial charge is 0.339 e. The third-order valence-electron chi connectivity index (χ3n) is 4.82. The number of hydrogen-bond donors (Lipinski definition) is 0. The average Bonchev–Trinajstić information content (AvgIpc) is 3.59. The Labute approximate surface area is 174 Å². The largest absolute Gasteiger partial charge is 0.465 e. The van der Waals surface area contributed by atoms with E-state index < -0.39 is 16.0 Å². The van der Waals surface area contributed by atoms with Crippen LogP contribution in [0.1, 0.15) is 66.7 Å². The normalized spacial score (nSPS) is 13.3. The molecule has 0 N–H and O–H groups in total. The fraction of sp³-hybridized carbons (Fsp3) is 0.455. The molecule has 0 bridgehead atoms. The Bertz CT molecular complexity index is 936. The molecule has 2 aromatic rings. The van der Waals surface area contributed by atoms with E-state index in [2.05, 4.69) is 16.6 Å². The highest BCUT2D eigenvalue weighted by molar-refractivity contribution is 7.92. The molecule has 1 aromatic heterocycles. The highest BCUT2D eigenvalue weighted by atomic mass is 32.2. The van der Waals surface area contributed by atoms with Crippen molar-refractivity contribution < 1.29 is 17.9 Å². The number of carbonyl (C=O) groups excluding carboxylic acids is 1. The Balaban J connectivity index is 0.00000145. The molecule has 0 spiro atoms. The van der Waals surface area contributed by atoms with Crippen LogP contribution >= 0.6 is 0 Å². The van der Waals surface area contributed by atoms with Crippen molar-refractivity contribution in [2.45, 2.75) is 53.0 Å². The van der Waals surface area contributed by atoms with Crippen LogP contribution < -0.4 is 4.31 Å². The number of rotatable bonds is 7. The van der Waals surface area contributed by atoms with E-state index in [9.17, 15) is 13.2 Å². The second-order valence-corrected chi connectivity index (χ2v) is 8.93. The fourth-order valence-corrected chi connectivity index (χ4v) is 4.10. The number of nitrogens with zero attached hydrogens (tertiary/aromatic N) is 2. The fourth-order valence-electron chi connectivity index (χ4n) is 3.03. The molecule has 0 amide bonds. The number of methoxy groups -OCH3 is 1. The van der Waals surface area contributed by atoms with Crippen LogP contribution in [0, 0.1) is 6.92 Å². The number of hydrogen-bond acceptors (Lipinski definition) is 5. The first-order valence-corrected chi connectivity index (χ1v) is 11.6. The van der Waals surface area contributed by atoms with E-state index in [4.69, 9.17) is 0 Å². The molecule has 1 saturated carbocycles. The first-order chi connectivity index (χ1) is 13.9. The van der Waals surface area contributed by atoms with Gasteiger partial charge < -0.3 is 4.74 Å². The summed E-state index contributed by atoms with van der Waals surface area (Å²) >= 11 is 0. The molecule has 1 fully saturated rings. The van der Waals surface area contributed by atoms with Crippen molar-refractivity contribution in [2.75, 3.05) is 17.2 Å². The summed E-state index contributed by atoms with van der Waals surface area (Å²) in [7, 11) is -2.17. The van der Waals surface area contributed by atoms with E-state index in [0.717, 1.165) is 12.8 Å². The zero-order valence-electron chi connectivity index (χ0n) is 17.8. The summed E-state index contributed by atoms with van der Waals surface area (Å²) in [5.41, 5.74) is 3.96. The molecule has 1 heterocycles. The van der Waals surface area contributed by atoms with E-state index >= 15 is 0 Å². The Kier molecular flexibility index (Phi) is 7.79. The standard InChI is InChI=1S/C20H24N2O4S.C2H6/c1-4-27(24,25)22(13-17-9-8-16(12-21-17)20(23)26-3)18-10-5-14(2)19(11-18)15-6-7-15;1-2/h5,8-12,15H,4,6-7,13H2,1-3H3;1-2H3. The van der Waals surface area contributed by atoms with Crippen LogP contribution in [0.25, 0.3) is 0 Å². The molecule has 6 nitrogen and oxygen atoms in total. The molecule has 1 aromatic carbocycles. The molecule has 29 heavy (non-hydrogen) atoms. The van der Waals surface area contributed by atoms with E-state index in [1.54, 1.807) is 19.1 Å². The predicted molar refractivity (Wildman–Crippen MR) is 116 cm³/mol. The number of ether oxygens (including phenoxy) is 1. The molecular formula is C22H30N2O4S. The lowest BCUT2D eigenvalue weighted by molar-refractivity contribution is 0.0600. The van der Waals surface area contributed by atoms with Gasteiger partial charge in [0, 0.05) is 6.20 Å². The first-order valence-electron chi connectivity index (χ1n) is 10.00. The summed E-state index contributed by atoms with van der Waals surface area (Å²) in [5, 5.41) is 0. The highest BCUT2D eigenvalue weighted by Gasteiger charge is 2.28. The summed E-state index contributed by atoms with van der Waals surface area (Å²) in [6.45, 7) is 7.81. The van der Waals surface area contributed by atoms with Gasteiger partial charge in [0.2, 0.25) is 10.0 Å². The van der Waals surface area contributed by atoms with Crippen LogP contribution in [0.15, 0.2) is 36.5 Å². The number of esters is 1. The molecule has 0 aliphatic heterocycles. The van der Waals surface area contributed by atoms with E-state index in [0.29, 0.717) is 22.9 Å². The van der Waals surface area contributed by atoms with Crippen LogP contribution in [-0.2, 0) is 21.3 Å². The topological polar surface area (TPSA) is 76.6 Å². The van der Waals surface area contributed by atoms with Gasteiger partial charge in [-0.2, -0.15) is 0 Å². The molecule has 0 atom stereocenters. The first kappa shape index (κ1) is 22.9. The van der Waals surface area contributed by atoms with Crippen LogP contribution in [-0.4, -0.2) is 32.2 Å². The second-order valence-electron chi connectivity index (χ2n) is 6.75. The van der Waals surface area contributed by atoms with E-state index in [-0.39, 0.29) is 12.3 Å². The Morgan fingerprint density at radius 1 is 1.21 bits per heavy atom. The minimum atomic E-state index is -3.48. The Morgan fingerprint density at radius 3 is 2.41 bits per heavy atom. The molecule has 1 aliphatic carbocycles. The molecule has 0 radical (unpaired) electrons. The lowest BCUT2D eigenvalue weighted by Gasteiger charge is -2.24. The van der Waals surface area contributed by atoms with Gasteiger partial charge in [0.25, 0.3) is 0 Å². The van der Waals surface area contributed by atoms with Gasteiger partial charge >= 0.3 is 5.97 Å². The van der Waals surface area contributed by atoms with Crippen molar-refractivity contribution in [3.8, 4) is 0 Å². The Morgan fingerprint density at radius 2 is 1.90 bits per heavy atom. The van der Waals surface area contributed by atoms with Crippen LogP contribution in [0.3, 0.4) is 0 Å². The number of anilines is 1. The summed E-state index contributed by atoms with van der Waals surface area (Å²) < 4.78 is 31.5. The number of aromatic nitrogens is 1. The molecule has 3 rings (SSSR count). The molecule has 0 unspecified atom stereocenters. The minimum Gasteiger partial charge on any atom is -0.465 e. The lowest BCUT2D eigenvalue weighted by Crippen LogP contribution is -2.32. The zero-order chi connectivity index (χ0) is 21.6. The van der Waals surface area contributed by atoms with Crippen LogP contribution in [0.5, 0.6) is 0 Å². The van der Waals surface area contributed by atoms with Crippen LogP contribution in [0.4, 0.5) is 5.69 Å². The van der Waals surface area contributed by atoms with Crippen molar-refractivity contribution in [3.05, 3.63) is 58.9 Å². The quantitative estimate of drug-likeness (QED) is 0.622. The molecular weight excluding hydrogens is 388 g/mol. The average molecular weight is 419 g/mol. The maximum atomic E-state index is 12.7. The number of carbonyl (C=O) groups is 1. The van der Waals surface area contributed by atoms with Crippen LogP contribution in [0.2, 0.25) is 0 Å². The summed E-state index contributed by atoms with van der Waals surface area (Å²) in [4.78, 5) is 15.8. The lowest BCUT2D eigenvalue weighted by atomic mass is 10.0. The zero-order valence-corrected chi connectivity index (χ0v) is 18.6. The minimum absolute atomic E-state index is 0.000117. The number of sulfonamides is 1. The van der Waals surface area contributed by atoms with E-state index in [1.165, 1.54) is 28.7 Å². The van der Waals surface area contributed by atoms with Crippen molar-refractivity contribution >= 4 is 21.7 Å². The molecule has 1 aliphatic rings. The third kappa shape index (κ3) is 5.56. The van der Waals surface area contributed by atoms with Crippen molar-refractivity contribution in [2.24, 2.45) is 0 Å². The maximum Gasteiger partial charge on any atom is 0.339 e. The molecule has 0 saturated heterocycles. The predicted octanol–water partition coefficient (Wildman–Crippen LogP) is 4.44. The van der Waals surface area contributed by atoms with Gasteiger partial charge in [0.05, 0.1) is 36.4 Å². The molecule has 7 heteroatoms. The number of pyridine rings is 1. The van der Waals surface area contributed by atoms with Gasteiger partial charge in [0.15, 0.2) is 0 Å². The van der Waals surface area contributed by atoms with Crippen molar-refractivity contribution in [3.63, 3.8) is 0 Å². The second kappa shape index (κ2) is 9.87. The van der Waals surface area contributed by atoms with Crippen molar-refractivity contribution in [1.29, 1.82) is 0 Å². The van der Waals surface area contributed by atoms with Crippen molar-refractivity contribution in [1.82, 2.24) is 4.98 Å². The number of benzene rings is 1. The summed E-state index contributed by atoms with van der Waals surface area (Å²) in [6, 6.07) is 9.06. The maximum absolute atomic E-state index is 12.7. The summed E-state index contributed by atoms with van der Waals surface area (Å²) in [5.74, 6) is 0.0631. The van der Waals surface area contributed by atoms with Gasteiger partial charge in [0.1, 0.15) is 0 Å². The van der Waals surface area contributed by atoms with E-state index in [1.807, 2.05) is 32.0 Å². The highest BCUT2D eigenvalue weighted by Crippen LogP contribution is 2.43. The van der Waals surface area contributed by atoms with Gasteiger partial charge in [-0.15, -0.1) is 0 Å². The van der Waals surface area contributed by atoms with Gasteiger partial charge in [-0.3, -0.25) is 9.29 Å². The van der Waals surface area contributed by atoms with Gasteiger partial charge in [-0.25, -0.2) is 13.2 Å². The monoisotopic (exact) mass is 418 g/mol. The van der Waals surface area contributed by atoms with Gasteiger partial charge in [-0.05, 0) is 68.0 Å². The van der Waals surface area contributed by atoms with Gasteiger partial charge in [-0.1, -0.05) is 19.9 Å². The molecule has 158 valence electrons. The SMILES string of the molecule is CC.CCS(=O)(=O)N(Cc1ccc(C(=O)OC)cn1)c1ccc(C)c(C2CC2)c1. The summed E-state index contributed by atoms with van der Waals surface area (Å²) in [6.07, 6.45) is 3.71. The Hall–Kier alpha value is -2.41. The number of aryl methyl sites for hydroxylation is 1. The third-order valence-corrected chi connectivity index (χ3v) is 6.56.